The van der Waals surface area contributed by atoms with Gasteiger partial charge in [-0.05, 0) is 82.2 Å². The maximum absolute atomic E-state index is 6.55. The topological polar surface area (TPSA) is 29.5 Å². The molecule has 0 radical (unpaired) electrons. The molecule has 8 aromatic carbocycles. The van der Waals surface area contributed by atoms with E-state index in [1.165, 1.54) is 36.3 Å². The molecule has 0 aliphatic heterocycles. The van der Waals surface area contributed by atoms with Crippen LogP contribution < -0.4 is 4.90 Å². The molecule has 0 fully saturated rings. The summed E-state index contributed by atoms with van der Waals surface area (Å²) in [6.07, 6.45) is 0. The Morgan fingerprint density at radius 3 is 1.77 bits per heavy atom. The number of furan rings is 2. The minimum absolute atomic E-state index is 0.874. The summed E-state index contributed by atoms with van der Waals surface area (Å²) >= 11 is 1.84. The van der Waals surface area contributed by atoms with Gasteiger partial charge >= 0.3 is 0 Å². The molecule has 0 aliphatic rings. The number of hydrogen-bond donors (Lipinski definition) is 0. The van der Waals surface area contributed by atoms with Crippen LogP contribution in [0.4, 0.5) is 17.1 Å². The molecule has 0 unspecified atom stereocenters. The van der Waals surface area contributed by atoms with E-state index in [0.717, 1.165) is 66.3 Å². The van der Waals surface area contributed by atoms with Crippen LogP contribution in [0.2, 0.25) is 0 Å². The second kappa shape index (κ2) is 9.71. The number of thiophene rings is 1. The fourth-order valence-electron chi connectivity index (χ4n) is 7.65. The predicted molar refractivity (Wildman–Crippen MR) is 204 cm³/mol. The van der Waals surface area contributed by atoms with Gasteiger partial charge in [0.2, 0.25) is 0 Å². The smallest absolute Gasteiger partial charge is 0.137 e. The lowest BCUT2D eigenvalue weighted by Gasteiger charge is -2.26. The van der Waals surface area contributed by atoms with Crippen LogP contribution in [0, 0.1) is 0 Å². The fraction of sp³-hybridized carbons (Fsp3) is 0. The summed E-state index contributed by atoms with van der Waals surface area (Å²) in [4.78, 5) is 2.35. The lowest BCUT2D eigenvalue weighted by molar-refractivity contribution is 0.669. The van der Waals surface area contributed by atoms with E-state index in [-0.39, 0.29) is 0 Å². The van der Waals surface area contributed by atoms with Crippen LogP contribution in [-0.2, 0) is 0 Å². The lowest BCUT2D eigenvalue weighted by Crippen LogP contribution is -2.09. The molecule has 48 heavy (non-hydrogen) atoms. The van der Waals surface area contributed by atoms with Gasteiger partial charge in [0, 0.05) is 64.8 Å². The molecule has 3 aromatic heterocycles. The number of rotatable bonds is 3. The zero-order valence-electron chi connectivity index (χ0n) is 25.6. The van der Waals surface area contributed by atoms with Crippen LogP contribution >= 0.6 is 11.3 Å². The first-order valence-corrected chi connectivity index (χ1v) is 17.0. The van der Waals surface area contributed by atoms with Gasteiger partial charge in [0.1, 0.15) is 22.3 Å². The summed E-state index contributed by atoms with van der Waals surface area (Å²) in [5.74, 6) is 0. The summed E-state index contributed by atoms with van der Waals surface area (Å²) in [6.45, 7) is 0. The van der Waals surface area contributed by atoms with E-state index in [1.807, 2.05) is 23.5 Å². The van der Waals surface area contributed by atoms with Crippen LogP contribution in [0.15, 0.2) is 160 Å². The van der Waals surface area contributed by atoms with Gasteiger partial charge in [0.15, 0.2) is 0 Å². The van der Waals surface area contributed by atoms with Crippen LogP contribution in [-0.4, -0.2) is 0 Å². The average Bonchev–Trinajstić information content (AvgIpc) is 3.82. The molecule has 0 spiro atoms. The molecule has 4 heteroatoms. The molecular formula is C44H25NO2S. The Kier molecular flexibility index (Phi) is 5.26. The van der Waals surface area contributed by atoms with Crippen LogP contribution in [0.3, 0.4) is 0 Å². The number of para-hydroxylation sites is 1. The Morgan fingerprint density at radius 1 is 0.354 bits per heavy atom. The minimum atomic E-state index is 0.874. The fourth-order valence-corrected chi connectivity index (χ4v) is 8.79. The van der Waals surface area contributed by atoms with Gasteiger partial charge in [-0.3, -0.25) is 0 Å². The van der Waals surface area contributed by atoms with E-state index in [1.54, 1.807) is 0 Å². The zero-order chi connectivity index (χ0) is 31.3. The molecule has 3 heterocycles. The monoisotopic (exact) mass is 631 g/mol. The summed E-state index contributed by atoms with van der Waals surface area (Å²) in [5.41, 5.74) is 6.82. The highest BCUT2D eigenvalue weighted by molar-refractivity contribution is 7.25. The predicted octanol–water partition coefficient (Wildman–Crippen LogP) is 13.6. The normalized spacial score (nSPS) is 12.2. The average molecular weight is 632 g/mol. The van der Waals surface area contributed by atoms with E-state index >= 15 is 0 Å². The maximum Gasteiger partial charge on any atom is 0.137 e. The first kappa shape index (κ1) is 26.0. The number of hydrogen-bond acceptors (Lipinski definition) is 4. The quantitative estimate of drug-likeness (QED) is 0.194. The van der Waals surface area contributed by atoms with Crippen molar-refractivity contribution in [2.45, 2.75) is 0 Å². The highest BCUT2D eigenvalue weighted by atomic mass is 32.1. The second-order valence-electron chi connectivity index (χ2n) is 12.5. The number of nitrogens with zero attached hydrogens (tertiary/aromatic N) is 1. The van der Waals surface area contributed by atoms with Gasteiger partial charge in [-0.15, -0.1) is 11.3 Å². The summed E-state index contributed by atoms with van der Waals surface area (Å²) < 4.78 is 15.3. The molecule has 224 valence electrons. The molecule has 0 amide bonds. The molecule has 0 saturated carbocycles. The summed E-state index contributed by atoms with van der Waals surface area (Å²) in [5, 5.41) is 11.9. The lowest BCUT2D eigenvalue weighted by atomic mass is 10.0. The highest BCUT2D eigenvalue weighted by Crippen LogP contribution is 2.44. The maximum atomic E-state index is 6.55. The number of benzene rings is 8. The van der Waals surface area contributed by atoms with Crippen molar-refractivity contribution in [2.75, 3.05) is 4.90 Å². The standard InChI is InChI=1S/C44H25NO2S/c1-2-8-31-26(7-1)13-21-39-43(31)36-20-17-29(24-40(36)47-39)45(30-16-19-34-33-9-4-6-12-41(33)48-42(34)25-30)28-15-18-32-27(23-28)14-22-38-44(32)35-10-3-5-11-37(35)46-38/h1-25H. The molecule has 0 N–H and O–H groups in total. The van der Waals surface area contributed by atoms with Crippen LogP contribution in [0.25, 0.3) is 85.6 Å². The van der Waals surface area contributed by atoms with Crippen molar-refractivity contribution in [3.8, 4) is 0 Å². The molecule has 11 rings (SSSR count). The number of anilines is 3. The molecule has 0 bridgehead atoms. The van der Waals surface area contributed by atoms with Gasteiger partial charge in [-0.25, -0.2) is 0 Å². The Bertz CT molecular complexity index is 3070. The third-order valence-electron chi connectivity index (χ3n) is 9.82. The third-order valence-corrected chi connectivity index (χ3v) is 11.0. The van der Waals surface area contributed by atoms with Crippen molar-refractivity contribution in [3.05, 3.63) is 152 Å². The van der Waals surface area contributed by atoms with E-state index in [4.69, 9.17) is 8.83 Å². The first-order chi connectivity index (χ1) is 23.8. The molecule has 0 saturated heterocycles. The van der Waals surface area contributed by atoms with Crippen molar-refractivity contribution in [3.63, 3.8) is 0 Å². The van der Waals surface area contributed by atoms with Gasteiger partial charge < -0.3 is 13.7 Å². The third kappa shape index (κ3) is 3.69. The summed E-state index contributed by atoms with van der Waals surface area (Å²) in [7, 11) is 0. The van der Waals surface area contributed by atoms with Gasteiger partial charge in [0.25, 0.3) is 0 Å². The Hall–Kier alpha value is -6.10. The van der Waals surface area contributed by atoms with Gasteiger partial charge in [0.05, 0.1) is 0 Å². The van der Waals surface area contributed by atoms with Crippen molar-refractivity contribution in [1.82, 2.24) is 0 Å². The zero-order valence-corrected chi connectivity index (χ0v) is 26.4. The van der Waals surface area contributed by atoms with E-state index in [0.29, 0.717) is 0 Å². The van der Waals surface area contributed by atoms with E-state index in [9.17, 15) is 0 Å². The molecule has 0 aliphatic carbocycles. The first-order valence-electron chi connectivity index (χ1n) is 16.2. The Morgan fingerprint density at radius 2 is 0.917 bits per heavy atom. The largest absolute Gasteiger partial charge is 0.456 e. The van der Waals surface area contributed by atoms with Gasteiger partial charge in [-0.2, -0.15) is 0 Å². The van der Waals surface area contributed by atoms with E-state index in [2.05, 4.69) is 144 Å². The summed E-state index contributed by atoms with van der Waals surface area (Å²) in [6, 6.07) is 54.2. The molecular weight excluding hydrogens is 607 g/mol. The Balaban J connectivity index is 1.15. The highest BCUT2D eigenvalue weighted by Gasteiger charge is 2.19. The molecule has 0 atom stereocenters. The van der Waals surface area contributed by atoms with E-state index < -0.39 is 0 Å². The molecule has 3 nitrogen and oxygen atoms in total. The molecule has 11 aromatic rings. The minimum Gasteiger partial charge on any atom is -0.456 e. The van der Waals surface area contributed by atoms with Crippen LogP contribution in [0.5, 0.6) is 0 Å². The second-order valence-corrected chi connectivity index (χ2v) is 13.6. The SMILES string of the molecule is c1ccc2c(c1)ccc1oc3cc(N(c4ccc5c(ccc6oc7ccccc7c65)c4)c4ccc5c(c4)sc4ccccc45)ccc3c12. The van der Waals surface area contributed by atoms with Gasteiger partial charge in [-0.1, -0.05) is 84.9 Å². The van der Waals surface area contributed by atoms with Crippen molar-refractivity contribution in [1.29, 1.82) is 0 Å². The van der Waals surface area contributed by atoms with Crippen molar-refractivity contribution >= 4 is 114 Å². The van der Waals surface area contributed by atoms with Crippen molar-refractivity contribution < 1.29 is 8.83 Å². The van der Waals surface area contributed by atoms with Crippen LogP contribution in [0.1, 0.15) is 0 Å². The number of fused-ring (bicyclic) bond motifs is 13. The van der Waals surface area contributed by atoms with Crippen molar-refractivity contribution in [2.24, 2.45) is 0 Å². The Labute approximate surface area is 278 Å².